The molecule has 1 aliphatic carbocycles. The van der Waals surface area contributed by atoms with E-state index in [2.05, 4.69) is 0 Å². The van der Waals surface area contributed by atoms with Crippen molar-refractivity contribution in [3.63, 3.8) is 0 Å². The maximum absolute atomic E-state index is 12.3. The largest absolute Gasteiger partial charge is 0.326 e. The highest BCUT2D eigenvalue weighted by atomic mass is 16.2. The van der Waals surface area contributed by atoms with Crippen LogP contribution in [0, 0.1) is 18.8 Å². The van der Waals surface area contributed by atoms with Crippen LogP contribution in [-0.4, -0.2) is 16.7 Å². The van der Waals surface area contributed by atoms with Gasteiger partial charge in [-0.05, 0) is 36.5 Å². The predicted molar refractivity (Wildman–Crippen MR) is 75.5 cm³/mol. The first kappa shape index (κ1) is 13.3. The zero-order valence-electron chi connectivity index (χ0n) is 11.8. The minimum absolute atomic E-state index is 0.0276. The Morgan fingerprint density at radius 2 is 1.85 bits per heavy atom. The Hall–Kier alpha value is -1.68. The standard InChI is InChI=1S/C16H20N2O2/c1-10-7-11(8-17)5-6-12(10)9-18-15(19)13-3-2-4-14(13)16(18)20/h5-7,13-14H,2-4,8-9,17H2,1H3. The van der Waals surface area contributed by atoms with Crippen molar-refractivity contribution in [3.8, 4) is 0 Å². The van der Waals surface area contributed by atoms with E-state index in [1.165, 1.54) is 4.90 Å². The van der Waals surface area contributed by atoms with Gasteiger partial charge in [0.2, 0.25) is 11.8 Å². The molecule has 4 nitrogen and oxygen atoms in total. The van der Waals surface area contributed by atoms with Crippen LogP contribution in [-0.2, 0) is 22.7 Å². The molecule has 1 heterocycles. The van der Waals surface area contributed by atoms with E-state index in [9.17, 15) is 9.59 Å². The fourth-order valence-corrected chi connectivity index (χ4v) is 3.45. The summed E-state index contributed by atoms with van der Waals surface area (Å²) in [6.45, 7) is 2.91. The Bertz CT molecular complexity index is 546. The van der Waals surface area contributed by atoms with E-state index in [1.807, 2.05) is 25.1 Å². The summed E-state index contributed by atoms with van der Waals surface area (Å²) < 4.78 is 0. The van der Waals surface area contributed by atoms with Gasteiger partial charge in [-0.25, -0.2) is 0 Å². The van der Waals surface area contributed by atoms with E-state index in [-0.39, 0.29) is 23.7 Å². The third kappa shape index (κ3) is 2.04. The van der Waals surface area contributed by atoms with Crippen LogP contribution >= 0.6 is 0 Å². The van der Waals surface area contributed by atoms with Crippen LogP contribution in [0.25, 0.3) is 0 Å². The molecule has 2 fully saturated rings. The maximum atomic E-state index is 12.3. The Morgan fingerprint density at radius 1 is 1.20 bits per heavy atom. The summed E-state index contributed by atoms with van der Waals surface area (Å²) in [5.41, 5.74) is 8.81. The smallest absolute Gasteiger partial charge is 0.233 e. The van der Waals surface area contributed by atoms with Gasteiger partial charge in [-0.3, -0.25) is 14.5 Å². The number of rotatable bonds is 3. The van der Waals surface area contributed by atoms with Crippen LogP contribution in [0.15, 0.2) is 18.2 Å². The van der Waals surface area contributed by atoms with Gasteiger partial charge in [0.25, 0.3) is 0 Å². The lowest BCUT2D eigenvalue weighted by atomic mass is 10.00. The molecule has 0 spiro atoms. The zero-order chi connectivity index (χ0) is 14.3. The highest BCUT2D eigenvalue weighted by Crippen LogP contribution is 2.40. The zero-order valence-corrected chi connectivity index (χ0v) is 11.8. The number of hydrogen-bond acceptors (Lipinski definition) is 3. The third-order valence-electron chi connectivity index (χ3n) is 4.65. The molecule has 1 aromatic rings. The molecule has 4 heteroatoms. The second kappa shape index (κ2) is 5.02. The molecule has 20 heavy (non-hydrogen) atoms. The normalized spacial score (nSPS) is 25.4. The summed E-state index contributed by atoms with van der Waals surface area (Å²) in [4.78, 5) is 26.1. The number of hydrogen-bond donors (Lipinski definition) is 1. The Labute approximate surface area is 118 Å². The molecule has 1 saturated heterocycles. The minimum Gasteiger partial charge on any atom is -0.326 e. The van der Waals surface area contributed by atoms with Crippen molar-refractivity contribution in [2.45, 2.75) is 39.3 Å². The van der Waals surface area contributed by atoms with Crippen molar-refractivity contribution in [2.24, 2.45) is 17.6 Å². The molecule has 1 aliphatic heterocycles. The summed E-state index contributed by atoms with van der Waals surface area (Å²) in [6, 6.07) is 5.97. The molecule has 0 aromatic heterocycles. The number of nitrogens with two attached hydrogens (primary N) is 1. The monoisotopic (exact) mass is 272 g/mol. The van der Waals surface area contributed by atoms with Gasteiger partial charge in [0, 0.05) is 6.54 Å². The Kier molecular flexibility index (Phi) is 3.34. The van der Waals surface area contributed by atoms with Crippen LogP contribution in [0.4, 0.5) is 0 Å². The molecular weight excluding hydrogens is 252 g/mol. The number of aryl methyl sites for hydroxylation is 1. The molecule has 2 N–H and O–H groups in total. The van der Waals surface area contributed by atoms with Crippen molar-refractivity contribution < 1.29 is 9.59 Å². The summed E-state index contributed by atoms with van der Waals surface area (Å²) in [5, 5.41) is 0. The van der Waals surface area contributed by atoms with Gasteiger partial charge in [-0.2, -0.15) is 0 Å². The SMILES string of the molecule is Cc1cc(CN)ccc1CN1C(=O)C2CCCC2C1=O. The van der Waals surface area contributed by atoms with E-state index < -0.39 is 0 Å². The number of fused-ring (bicyclic) bond motifs is 1. The number of benzene rings is 1. The number of amides is 2. The first-order chi connectivity index (χ1) is 9.61. The summed E-state index contributed by atoms with van der Waals surface area (Å²) in [5.74, 6) is -0.0446. The van der Waals surface area contributed by atoms with Crippen molar-refractivity contribution >= 4 is 11.8 Å². The summed E-state index contributed by atoms with van der Waals surface area (Å²) in [6.07, 6.45) is 2.75. The van der Waals surface area contributed by atoms with Gasteiger partial charge >= 0.3 is 0 Å². The van der Waals surface area contributed by atoms with E-state index in [0.717, 1.165) is 36.0 Å². The quantitative estimate of drug-likeness (QED) is 0.852. The lowest BCUT2D eigenvalue weighted by Gasteiger charge is -2.17. The lowest BCUT2D eigenvalue weighted by Crippen LogP contribution is -2.31. The first-order valence-electron chi connectivity index (χ1n) is 7.25. The van der Waals surface area contributed by atoms with Crippen LogP contribution < -0.4 is 5.73 Å². The summed E-state index contributed by atoms with van der Waals surface area (Å²) in [7, 11) is 0. The molecule has 2 aliphatic rings. The van der Waals surface area contributed by atoms with Crippen LogP contribution in [0.3, 0.4) is 0 Å². The van der Waals surface area contributed by atoms with Crippen LogP contribution in [0.1, 0.15) is 36.0 Å². The maximum Gasteiger partial charge on any atom is 0.233 e. The number of likely N-dealkylation sites (tertiary alicyclic amines) is 1. The Morgan fingerprint density at radius 3 is 2.40 bits per heavy atom. The van der Waals surface area contributed by atoms with Gasteiger partial charge in [0.05, 0.1) is 18.4 Å². The van der Waals surface area contributed by atoms with E-state index >= 15 is 0 Å². The number of carbonyl (C=O) groups excluding carboxylic acids is 2. The van der Waals surface area contributed by atoms with Gasteiger partial charge in [0.1, 0.15) is 0 Å². The van der Waals surface area contributed by atoms with Crippen LogP contribution in [0.5, 0.6) is 0 Å². The highest BCUT2D eigenvalue weighted by Gasteiger charge is 2.49. The van der Waals surface area contributed by atoms with Gasteiger partial charge in [-0.15, -0.1) is 0 Å². The predicted octanol–water partition coefficient (Wildman–Crippen LogP) is 1.74. The van der Waals surface area contributed by atoms with E-state index in [4.69, 9.17) is 5.73 Å². The molecule has 2 atom stereocenters. The fourth-order valence-electron chi connectivity index (χ4n) is 3.45. The van der Waals surface area contributed by atoms with Gasteiger partial charge in [0.15, 0.2) is 0 Å². The molecule has 2 amide bonds. The third-order valence-corrected chi connectivity index (χ3v) is 4.65. The lowest BCUT2D eigenvalue weighted by molar-refractivity contribution is -0.141. The number of carbonyl (C=O) groups is 2. The number of nitrogens with zero attached hydrogens (tertiary/aromatic N) is 1. The van der Waals surface area contributed by atoms with Gasteiger partial charge in [-0.1, -0.05) is 24.6 Å². The molecule has 1 saturated carbocycles. The second-order valence-electron chi connectivity index (χ2n) is 5.87. The van der Waals surface area contributed by atoms with Gasteiger partial charge < -0.3 is 5.73 Å². The average Bonchev–Trinajstić information content (AvgIpc) is 3.00. The van der Waals surface area contributed by atoms with Crippen molar-refractivity contribution in [1.82, 2.24) is 4.90 Å². The molecule has 1 aromatic carbocycles. The first-order valence-corrected chi connectivity index (χ1v) is 7.25. The van der Waals surface area contributed by atoms with Crippen molar-refractivity contribution in [2.75, 3.05) is 0 Å². The second-order valence-corrected chi connectivity index (χ2v) is 5.87. The van der Waals surface area contributed by atoms with E-state index in [0.29, 0.717) is 13.1 Å². The van der Waals surface area contributed by atoms with Crippen molar-refractivity contribution in [1.29, 1.82) is 0 Å². The molecule has 106 valence electrons. The number of imide groups is 1. The minimum atomic E-state index is -0.0499. The molecule has 3 rings (SSSR count). The topological polar surface area (TPSA) is 63.4 Å². The Balaban J connectivity index is 1.81. The van der Waals surface area contributed by atoms with Crippen LogP contribution in [0.2, 0.25) is 0 Å². The molecule has 2 unspecified atom stereocenters. The summed E-state index contributed by atoms with van der Waals surface area (Å²) >= 11 is 0. The van der Waals surface area contributed by atoms with E-state index in [1.54, 1.807) is 0 Å². The fraction of sp³-hybridized carbons (Fsp3) is 0.500. The van der Waals surface area contributed by atoms with Crippen molar-refractivity contribution in [3.05, 3.63) is 34.9 Å². The average molecular weight is 272 g/mol. The molecule has 0 radical (unpaired) electrons. The molecule has 0 bridgehead atoms. The highest BCUT2D eigenvalue weighted by molar-refractivity contribution is 6.05. The molecular formula is C16H20N2O2.